The molecule has 0 fully saturated rings. The Balaban J connectivity index is 0.000000150. The predicted octanol–water partition coefficient (Wildman–Crippen LogP) is 8.65. The summed E-state index contributed by atoms with van der Waals surface area (Å²) >= 11 is 0. The largest absolute Gasteiger partial charge is 0.309 e. The van der Waals surface area contributed by atoms with E-state index < -0.39 is 54.4 Å². The van der Waals surface area contributed by atoms with Crippen LogP contribution in [0.25, 0.3) is 27.5 Å². The highest BCUT2D eigenvalue weighted by molar-refractivity contribution is 6.12. The molecule has 0 bridgehead atoms. The lowest BCUT2D eigenvalue weighted by Gasteiger charge is -2.17. The number of ketones is 1. The second-order valence-corrected chi connectivity index (χ2v) is 9.24. The van der Waals surface area contributed by atoms with Gasteiger partial charge in [-0.3, -0.25) is 9.59 Å². The van der Waals surface area contributed by atoms with Gasteiger partial charge in [-0.05, 0) is 53.9 Å². The fraction of sp³-hybridized carbons (Fsp3) is 0.0256. The van der Waals surface area contributed by atoms with Gasteiger partial charge in [-0.2, -0.15) is 0 Å². The highest BCUT2D eigenvalue weighted by Crippen LogP contribution is 2.26. The summed E-state index contributed by atoms with van der Waals surface area (Å²) in [5.74, 6) is 0.160. The van der Waals surface area contributed by atoms with E-state index in [2.05, 4.69) is 0 Å². The van der Waals surface area contributed by atoms with E-state index in [1.807, 2.05) is 48.5 Å². The molecule has 6 aromatic carbocycles. The van der Waals surface area contributed by atoms with Crippen molar-refractivity contribution in [3.05, 3.63) is 196 Å². The molecule has 0 aliphatic heterocycles. The van der Waals surface area contributed by atoms with E-state index in [0.29, 0.717) is 21.8 Å². The third-order valence-corrected chi connectivity index (χ3v) is 6.77. The van der Waals surface area contributed by atoms with Crippen molar-refractivity contribution in [2.24, 2.45) is 0 Å². The molecule has 1 heterocycles. The summed E-state index contributed by atoms with van der Waals surface area (Å²) in [4.78, 5) is 24.9. The van der Waals surface area contributed by atoms with E-state index in [1.165, 1.54) is 0 Å². The van der Waals surface area contributed by atoms with Gasteiger partial charge < -0.3 is 4.57 Å². The molecule has 1 aliphatic rings. The quantitative estimate of drug-likeness (QED) is 0.191. The number of aromatic nitrogens is 1. The average Bonchev–Trinajstić information content (AvgIpc) is 3.19. The summed E-state index contributed by atoms with van der Waals surface area (Å²) in [6, 6.07) is 24.8. The second kappa shape index (κ2) is 12.3. The molecule has 0 saturated carbocycles. The fourth-order valence-corrected chi connectivity index (χ4v) is 4.92. The van der Waals surface area contributed by atoms with Crippen LogP contribution < -0.4 is 5.43 Å². The summed E-state index contributed by atoms with van der Waals surface area (Å²) < 4.78 is 84.7. The first-order valence-corrected chi connectivity index (χ1v) is 13.1. The Labute approximate surface area is 260 Å². The summed E-state index contributed by atoms with van der Waals surface area (Å²) in [6.07, 6.45) is 0.873. The third-order valence-electron chi connectivity index (χ3n) is 6.77. The summed E-state index contributed by atoms with van der Waals surface area (Å²) in [6.45, 7) is 0. The van der Waals surface area contributed by atoms with Crippen LogP contribution in [0.2, 0.25) is 0 Å². The molecule has 0 spiro atoms. The first-order chi connectivity index (χ1) is 25.3. The van der Waals surface area contributed by atoms with Crippen molar-refractivity contribution in [3.63, 3.8) is 0 Å². The van der Waals surface area contributed by atoms with Crippen LogP contribution in [-0.2, 0) is 6.42 Å². The van der Waals surface area contributed by atoms with Crippen molar-refractivity contribution in [1.29, 1.82) is 0 Å². The zero-order chi connectivity index (χ0) is 38.3. The average molecular weight is 555 g/mol. The van der Waals surface area contributed by atoms with Crippen LogP contribution in [0, 0.1) is 0 Å². The number of rotatable bonds is 1. The summed E-state index contributed by atoms with van der Waals surface area (Å²) in [7, 11) is 0. The Bertz CT molecular complexity index is 2430. The van der Waals surface area contributed by atoms with E-state index in [4.69, 9.17) is 15.1 Å². The fourth-order valence-electron chi connectivity index (χ4n) is 4.92. The normalized spacial score (nSPS) is 15.0. The molecule has 0 saturated heterocycles. The number of para-hydroxylation sites is 3. The molecule has 8 rings (SSSR count). The van der Waals surface area contributed by atoms with Gasteiger partial charge >= 0.3 is 0 Å². The van der Waals surface area contributed by atoms with Gasteiger partial charge in [0.15, 0.2) is 11.2 Å². The van der Waals surface area contributed by atoms with Crippen molar-refractivity contribution in [3.8, 4) is 5.69 Å². The maximum Gasteiger partial charge on any atom is 0.197 e. The van der Waals surface area contributed by atoms with Gasteiger partial charge in [-0.15, -0.1) is 0 Å². The lowest BCUT2D eigenvalue weighted by atomic mass is 9.85. The van der Waals surface area contributed by atoms with E-state index in [0.717, 1.165) is 28.7 Å². The maximum absolute atomic E-state index is 12.8. The molecule has 7 aromatic rings. The Morgan fingerprint density at radius 3 is 1.40 bits per heavy atom. The molecule has 0 radical (unpaired) electrons. The monoisotopic (exact) mass is 554 g/mol. The van der Waals surface area contributed by atoms with Gasteiger partial charge in [0.05, 0.1) is 26.1 Å². The van der Waals surface area contributed by atoms with Crippen LogP contribution in [0.15, 0.2) is 168 Å². The lowest BCUT2D eigenvalue weighted by molar-refractivity contribution is 0.103. The van der Waals surface area contributed by atoms with Crippen LogP contribution in [0.5, 0.6) is 0 Å². The van der Waals surface area contributed by atoms with Crippen LogP contribution >= 0.6 is 0 Å². The molecule has 42 heavy (non-hydrogen) atoms. The van der Waals surface area contributed by atoms with Crippen molar-refractivity contribution < 1.29 is 19.9 Å². The topological polar surface area (TPSA) is 39.1 Å². The number of benzene rings is 6. The van der Waals surface area contributed by atoms with Crippen molar-refractivity contribution in [1.82, 2.24) is 4.57 Å². The van der Waals surface area contributed by atoms with E-state index in [1.54, 1.807) is 53.1 Å². The molecular formula is C39H29NO2. The second-order valence-electron chi connectivity index (χ2n) is 9.24. The maximum atomic E-state index is 12.8. The minimum absolute atomic E-state index is 0.0309. The van der Waals surface area contributed by atoms with Gasteiger partial charge in [0.2, 0.25) is 0 Å². The molecule has 1 aliphatic carbocycles. The first kappa shape index (κ1) is 16.7. The van der Waals surface area contributed by atoms with E-state index in [9.17, 15) is 9.59 Å². The van der Waals surface area contributed by atoms with E-state index in [-0.39, 0.29) is 29.0 Å². The van der Waals surface area contributed by atoms with Gasteiger partial charge in [0.25, 0.3) is 0 Å². The molecule has 202 valence electrons. The van der Waals surface area contributed by atoms with Crippen LogP contribution in [0.4, 0.5) is 0 Å². The van der Waals surface area contributed by atoms with Crippen LogP contribution in [0.1, 0.15) is 42.1 Å². The molecule has 1 aromatic heterocycles. The Morgan fingerprint density at radius 2 is 0.905 bits per heavy atom. The van der Waals surface area contributed by atoms with Crippen molar-refractivity contribution in [2.45, 2.75) is 6.42 Å². The highest BCUT2D eigenvalue weighted by atomic mass is 16.1. The zero-order valence-corrected chi connectivity index (χ0v) is 22.2. The first-order valence-electron chi connectivity index (χ1n) is 18.6. The highest BCUT2D eigenvalue weighted by Gasteiger charge is 2.21. The standard InChI is InChI=1S/C19H13NO.C14H10O.C6H6/c21-19-15-10-4-6-12-17(15)20(14-8-2-1-3-9-14)18-13-7-5-11-16(18)19;15-14-12-7-3-1-5-10(12)9-11-6-2-4-8-13(11)14;1-2-4-6-5-3-1/h1-13H;1-8H,9H2;1-6H/i1D,2D,3D,8D,9D;;1D,2D,3D,4D,5D,6D. The number of hydrogen-bond acceptors (Lipinski definition) is 2. The predicted molar refractivity (Wildman–Crippen MR) is 173 cm³/mol. The third kappa shape index (κ3) is 5.41. The molecule has 3 nitrogen and oxygen atoms in total. The molecule has 0 amide bonds. The Morgan fingerprint density at radius 1 is 0.500 bits per heavy atom. The SMILES string of the molecule is O=C1c2ccccc2Cc2ccccc21.[2H]c1c([2H])c([2H])c(-n2c3ccccc3c(=O)c3ccccc32)c([2H])c1[2H].[2H]c1c([2H])c([2H])c([2H])c([2H])c1[2H]. The molecule has 3 heteroatoms. The van der Waals surface area contributed by atoms with Gasteiger partial charge in [0.1, 0.15) is 0 Å². The number of pyridine rings is 1. The van der Waals surface area contributed by atoms with E-state index >= 15 is 0 Å². The van der Waals surface area contributed by atoms with Gasteiger partial charge in [0, 0.05) is 27.6 Å². The molecular weight excluding hydrogens is 514 g/mol. The number of carbonyl (C=O) groups is 1. The number of hydrogen-bond donors (Lipinski definition) is 0. The molecule has 0 N–H and O–H groups in total. The summed E-state index contributed by atoms with van der Waals surface area (Å²) in [5.41, 5.74) is 4.86. The summed E-state index contributed by atoms with van der Waals surface area (Å²) in [5, 5.41) is 0.857. The molecule has 0 atom stereocenters. The Hall–Kier alpha value is -5.54. The minimum Gasteiger partial charge on any atom is -0.309 e. The van der Waals surface area contributed by atoms with Gasteiger partial charge in [-0.25, -0.2) is 0 Å². The lowest BCUT2D eigenvalue weighted by Crippen LogP contribution is -2.14. The smallest absolute Gasteiger partial charge is 0.197 e. The minimum atomic E-state index is -0.457. The van der Waals surface area contributed by atoms with Crippen LogP contribution in [-0.4, -0.2) is 10.4 Å². The number of fused-ring (bicyclic) bond motifs is 4. The zero-order valence-electron chi connectivity index (χ0n) is 33.2. The Kier molecular flexibility index (Phi) is 4.89. The number of carbonyl (C=O) groups excluding carboxylic acids is 1. The molecule has 0 unspecified atom stereocenters. The van der Waals surface area contributed by atoms with Crippen molar-refractivity contribution in [2.75, 3.05) is 0 Å². The number of nitrogens with zero attached hydrogens (tertiary/aromatic N) is 1. The van der Waals surface area contributed by atoms with Crippen molar-refractivity contribution >= 4 is 27.6 Å². The van der Waals surface area contributed by atoms with Gasteiger partial charge in [-0.1, -0.05) is 127 Å². The van der Waals surface area contributed by atoms with Crippen LogP contribution in [0.3, 0.4) is 0 Å².